The molecule has 25 heavy (non-hydrogen) atoms. The van der Waals surface area contributed by atoms with Crippen LogP contribution < -0.4 is 10.6 Å². The van der Waals surface area contributed by atoms with E-state index in [1.165, 1.54) is 16.9 Å². The van der Waals surface area contributed by atoms with Crippen LogP contribution in [0.4, 0.5) is 5.00 Å². The molecule has 1 heterocycles. The minimum atomic E-state index is -0.223. The first-order valence-corrected chi connectivity index (χ1v) is 8.79. The van der Waals surface area contributed by atoms with Crippen LogP contribution in [0.2, 0.25) is 0 Å². The first kappa shape index (κ1) is 16.9. The highest BCUT2D eigenvalue weighted by Gasteiger charge is 2.14. The second-order valence-electron chi connectivity index (χ2n) is 5.56. The molecule has 3 aromatic rings. The van der Waals surface area contributed by atoms with E-state index in [4.69, 9.17) is 0 Å². The molecule has 0 aliphatic heterocycles. The number of hydrogen-bond acceptors (Lipinski definition) is 3. The molecule has 0 spiro atoms. The maximum atomic E-state index is 12.4. The minimum Gasteiger partial charge on any atom is -0.355 e. The SMILES string of the molecule is CNC(=O)c1ccsc1NC(=O)c1ccc(Cc2ccccc2)cc1. The second-order valence-corrected chi connectivity index (χ2v) is 6.47. The van der Waals surface area contributed by atoms with Crippen molar-refractivity contribution in [1.29, 1.82) is 0 Å². The highest BCUT2D eigenvalue weighted by molar-refractivity contribution is 7.14. The normalized spacial score (nSPS) is 10.3. The Kier molecular flexibility index (Phi) is 5.26. The van der Waals surface area contributed by atoms with E-state index in [2.05, 4.69) is 22.8 Å². The molecule has 0 fully saturated rings. The molecule has 2 aromatic carbocycles. The molecule has 126 valence electrons. The van der Waals surface area contributed by atoms with Gasteiger partial charge in [-0.25, -0.2) is 0 Å². The molecule has 1 aromatic heterocycles. The fourth-order valence-electron chi connectivity index (χ4n) is 2.50. The van der Waals surface area contributed by atoms with Crippen LogP contribution in [0.15, 0.2) is 66.0 Å². The Morgan fingerprint density at radius 3 is 2.24 bits per heavy atom. The van der Waals surface area contributed by atoms with Gasteiger partial charge in [-0.15, -0.1) is 11.3 Å². The number of amides is 2. The molecule has 2 N–H and O–H groups in total. The van der Waals surface area contributed by atoms with E-state index in [1.807, 2.05) is 30.3 Å². The zero-order valence-electron chi connectivity index (χ0n) is 13.8. The summed E-state index contributed by atoms with van der Waals surface area (Å²) in [5.74, 6) is -0.436. The number of nitrogens with one attached hydrogen (secondary N) is 2. The van der Waals surface area contributed by atoms with Gasteiger partial charge < -0.3 is 10.6 Å². The maximum Gasteiger partial charge on any atom is 0.256 e. The van der Waals surface area contributed by atoms with E-state index >= 15 is 0 Å². The van der Waals surface area contributed by atoms with Crippen LogP contribution >= 0.6 is 11.3 Å². The van der Waals surface area contributed by atoms with Crippen molar-refractivity contribution in [3.05, 3.63) is 88.3 Å². The molecule has 0 radical (unpaired) electrons. The lowest BCUT2D eigenvalue weighted by molar-refractivity contribution is 0.0964. The Morgan fingerprint density at radius 2 is 1.56 bits per heavy atom. The summed E-state index contributed by atoms with van der Waals surface area (Å²) in [6, 6.07) is 19.4. The predicted molar refractivity (Wildman–Crippen MR) is 101 cm³/mol. The molecule has 0 unspecified atom stereocenters. The third-order valence-electron chi connectivity index (χ3n) is 3.83. The van der Waals surface area contributed by atoms with Gasteiger partial charge in [0, 0.05) is 12.6 Å². The second kappa shape index (κ2) is 7.77. The third-order valence-corrected chi connectivity index (χ3v) is 4.66. The summed E-state index contributed by atoms with van der Waals surface area (Å²) >= 11 is 1.33. The average molecular weight is 350 g/mol. The number of thiophene rings is 1. The molecule has 0 saturated carbocycles. The molecule has 0 bridgehead atoms. The number of carbonyl (C=O) groups excluding carboxylic acids is 2. The van der Waals surface area contributed by atoms with Gasteiger partial charge in [-0.2, -0.15) is 0 Å². The Bertz CT molecular complexity index is 870. The number of anilines is 1. The third kappa shape index (κ3) is 4.14. The molecule has 0 aliphatic rings. The van der Waals surface area contributed by atoms with Gasteiger partial charge in [-0.05, 0) is 41.1 Å². The maximum absolute atomic E-state index is 12.4. The van der Waals surface area contributed by atoms with E-state index in [-0.39, 0.29) is 11.8 Å². The van der Waals surface area contributed by atoms with Crippen molar-refractivity contribution < 1.29 is 9.59 Å². The van der Waals surface area contributed by atoms with E-state index in [9.17, 15) is 9.59 Å². The van der Waals surface area contributed by atoms with Gasteiger partial charge in [0.25, 0.3) is 11.8 Å². The lowest BCUT2D eigenvalue weighted by Crippen LogP contribution is -2.20. The Balaban J connectivity index is 1.69. The summed E-state index contributed by atoms with van der Waals surface area (Å²) in [6.45, 7) is 0. The van der Waals surface area contributed by atoms with E-state index < -0.39 is 0 Å². The van der Waals surface area contributed by atoms with Crippen LogP contribution in [-0.4, -0.2) is 18.9 Å². The number of hydrogen-bond donors (Lipinski definition) is 2. The smallest absolute Gasteiger partial charge is 0.256 e. The van der Waals surface area contributed by atoms with Crippen molar-refractivity contribution in [2.45, 2.75) is 6.42 Å². The summed E-state index contributed by atoms with van der Waals surface area (Å²) in [7, 11) is 1.57. The molecule has 3 rings (SSSR count). The molecule has 5 heteroatoms. The van der Waals surface area contributed by atoms with Gasteiger partial charge in [-0.1, -0.05) is 42.5 Å². The quantitative estimate of drug-likeness (QED) is 0.732. The van der Waals surface area contributed by atoms with Gasteiger partial charge in [0.15, 0.2) is 0 Å². The van der Waals surface area contributed by atoms with Gasteiger partial charge in [0.05, 0.1) is 5.56 Å². The lowest BCUT2D eigenvalue weighted by atomic mass is 10.0. The Morgan fingerprint density at radius 1 is 0.880 bits per heavy atom. The standard InChI is InChI=1S/C20H18N2O2S/c1-21-19(24)17-11-12-25-20(17)22-18(23)16-9-7-15(8-10-16)13-14-5-3-2-4-6-14/h2-12H,13H2,1H3,(H,21,24)(H,22,23). The van der Waals surface area contributed by atoms with Crippen molar-refractivity contribution in [1.82, 2.24) is 5.32 Å². The first-order valence-electron chi connectivity index (χ1n) is 7.91. The molecular weight excluding hydrogens is 332 g/mol. The van der Waals surface area contributed by atoms with Crippen LogP contribution in [-0.2, 0) is 6.42 Å². The van der Waals surface area contributed by atoms with Gasteiger partial charge in [0.2, 0.25) is 0 Å². The largest absolute Gasteiger partial charge is 0.355 e. The van der Waals surface area contributed by atoms with E-state index in [1.54, 1.807) is 30.6 Å². The van der Waals surface area contributed by atoms with Crippen LogP contribution in [0.25, 0.3) is 0 Å². The minimum absolute atomic E-state index is 0.213. The first-order chi connectivity index (χ1) is 12.2. The van der Waals surface area contributed by atoms with Crippen molar-refractivity contribution in [3.63, 3.8) is 0 Å². The Labute approximate surface area is 150 Å². The van der Waals surface area contributed by atoms with Gasteiger partial charge in [0.1, 0.15) is 5.00 Å². The van der Waals surface area contributed by atoms with Gasteiger partial charge in [-0.3, -0.25) is 9.59 Å². The molecular formula is C20H18N2O2S. The topological polar surface area (TPSA) is 58.2 Å². The predicted octanol–water partition coefficient (Wildman–Crippen LogP) is 3.95. The molecule has 0 atom stereocenters. The fourth-order valence-corrected chi connectivity index (χ4v) is 3.28. The number of carbonyl (C=O) groups is 2. The van der Waals surface area contributed by atoms with Crippen LogP contribution in [0.1, 0.15) is 31.8 Å². The van der Waals surface area contributed by atoms with E-state index in [0.717, 1.165) is 12.0 Å². The van der Waals surface area contributed by atoms with Gasteiger partial charge >= 0.3 is 0 Å². The van der Waals surface area contributed by atoms with Crippen LogP contribution in [0.5, 0.6) is 0 Å². The monoisotopic (exact) mass is 350 g/mol. The highest BCUT2D eigenvalue weighted by Crippen LogP contribution is 2.24. The Hall–Kier alpha value is -2.92. The lowest BCUT2D eigenvalue weighted by Gasteiger charge is -2.07. The summed E-state index contributed by atoms with van der Waals surface area (Å²) in [5, 5.41) is 7.71. The summed E-state index contributed by atoms with van der Waals surface area (Å²) in [5.41, 5.74) is 3.41. The summed E-state index contributed by atoms with van der Waals surface area (Å²) in [4.78, 5) is 24.2. The number of benzene rings is 2. The highest BCUT2D eigenvalue weighted by atomic mass is 32.1. The fraction of sp³-hybridized carbons (Fsp3) is 0.100. The van der Waals surface area contributed by atoms with Crippen molar-refractivity contribution >= 4 is 28.2 Å². The zero-order chi connectivity index (χ0) is 17.6. The van der Waals surface area contributed by atoms with Crippen molar-refractivity contribution in [2.24, 2.45) is 0 Å². The summed E-state index contributed by atoms with van der Waals surface area (Å²) in [6.07, 6.45) is 0.828. The van der Waals surface area contributed by atoms with E-state index in [0.29, 0.717) is 16.1 Å². The van der Waals surface area contributed by atoms with Crippen molar-refractivity contribution in [2.75, 3.05) is 12.4 Å². The zero-order valence-corrected chi connectivity index (χ0v) is 14.6. The van der Waals surface area contributed by atoms with Crippen LogP contribution in [0.3, 0.4) is 0 Å². The number of rotatable bonds is 5. The summed E-state index contributed by atoms with van der Waals surface area (Å²) < 4.78 is 0. The molecule has 0 saturated heterocycles. The molecule has 2 amide bonds. The molecule has 0 aliphatic carbocycles. The van der Waals surface area contributed by atoms with Crippen LogP contribution in [0, 0.1) is 0 Å². The molecule has 4 nitrogen and oxygen atoms in total. The van der Waals surface area contributed by atoms with Crippen molar-refractivity contribution in [3.8, 4) is 0 Å². The average Bonchev–Trinajstić information content (AvgIpc) is 3.10.